The second kappa shape index (κ2) is 8.35. The number of carbonyl (C=O) groups excluding carboxylic acids is 1. The number of carboxylic acid groups (broad SMARTS) is 1. The highest BCUT2D eigenvalue weighted by molar-refractivity contribution is 7.18. The van der Waals surface area contributed by atoms with Gasteiger partial charge in [0, 0.05) is 22.5 Å². The van der Waals surface area contributed by atoms with Crippen LogP contribution in [0.5, 0.6) is 0 Å². The van der Waals surface area contributed by atoms with E-state index in [1.54, 1.807) is 17.0 Å². The van der Waals surface area contributed by atoms with Crippen molar-refractivity contribution < 1.29 is 14.7 Å². The van der Waals surface area contributed by atoms with E-state index in [0.717, 1.165) is 36.1 Å². The summed E-state index contributed by atoms with van der Waals surface area (Å²) in [6.07, 6.45) is 3.85. The Balaban J connectivity index is 1.99. The molecule has 0 unspecified atom stereocenters. The molecule has 1 aliphatic carbocycles. The van der Waals surface area contributed by atoms with Crippen LogP contribution in [0.2, 0.25) is 0 Å². The lowest BCUT2D eigenvalue weighted by atomic mass is 9.82. The zero-order valence-electron chi connectivity index (χ0n) is 16.6. The summed E-state index contributed by atoms with van der Waals surface area (Å²) in [5, 5.41) is 9.78. The van der Waals surface area contributed by atoms with Gasteiger partial charge in [-0.05, 0) is 69.2 Å². The molecule has 1 aliphatic rings. The van der Waals surface area contributed by atoms with Crippen molar-refractivity contribution in [2.24, 2.45) is 11.8 Å². The van der Waals surface area contributed by atoms with E-state index in [2.05, 4.69) is 6.92 Å². The van der Waals surface area contributed by atoms with Crippen LogP contribution in [-0.2, 0) is 4.79 Å². The molecular weight excluding hydrogens is 372 g/mol. The minimum absolute atomic E-state index is 0.0277. The Kier molecular flexibility index (Phi) is 6.08. The Bertz CT molecular complexity index is 849. The van der Waals surface area contributed by atoms with Crippen molar-refractivity contribution in [3.8, 4) is 10.4 Å². The maximum Gasteiger partial charge on any atom is 0.348 e. The summed E-state index contributed by atoms with van der Waals surface area (Å²) in [5.74, 6) is -0.326. The minimum atomic E-state index is -1.00. The van der Waals surface area contributed by atoms with Gasteiger partial charge in [-0.3, -0.25) is 4.79 Å². The van der Waals surface area contributed by atoms with Crippen molar-refractivity contribution in [1.29, 1.82) is 0 Å². The Morgan fingerprint density at radius 3 is 2.29 bits per heavy atom. The van der Waals surface area contributed by atoms with Gasteiger partial charge in [0.25, 0.3) is 0 Å². The van der Waals surface area contributed by atoms with Crippen LogP contribution < -0.4 is 10.6 Å². The number of amides is 1. The molecular formula is C22H28N2O3S. The Hall–Kier alpha value is -2.34. The number of nitrogens with two attached hydrogens (primary N) is 1. The number of thiophene rings is 1. The van der Waals surface area contributed by atoms with Gasteiger partial charge in [0.05, 0.1) is 5.69 Å². The summed E-state index contributed by atoms with van der Waals surface area (Å²) < 4.78 is 0. The van der Waals surface area contributed by atoms with Crippen LogP contribution in [0.3, 0.4) is 0 Å². The molecule has 1 aromatic carbocycles. The monoisotopic (exact) mass is 400 g/mol. The highest BCUT2D eigenvalue weighted by atomic mass is 32.1. The van der Waals surface area contributed by atoms with Crippen LogP contribution in [-0.4, -0.2) is 23.0 Å². The highest BCUT2D eigenvalue weighted by Crippen LogP contribution is 2.40. The molecule has 1 saturated carbocycles. The van der Waals surface area contributed by atoms with Crippen molar-refractivity contribution in [2.75, 3.05) is 10.6 Å². The fraction of sp³-hybridized carbons (Fsp3) is 0.455. The van der Waals surface area contributed by atoms with E-state index in [1.165, 1.54) is 11.3 Å². The number of rotatable bonds is 5. The van der Waals surface area contributed by atoms with Gasteiger partial charge in [-0.1, -0.05) is 19.1 Å². The van der Waals surface area contributed by atoms with E-state index in [-0.39, 0.29) is 22.7 Å². The zero-order chi connectivity index (χ0) is 20.4. The molecule has 3 N–H and O–H groups in total. The first-order chi connectivity index (χ1) is 13.3. The largest absolute Gasteiger partial charge is 0.477 e. The molecule has 6 heteroatoms. The van der Waals surface area contributed by atoms with Crippen LogP contribution in [0.25, 0.3) is 10.4 Å². The van der Waals surface area contributed by atoms with Crippen LogP contribution in [0.4, 0.5) is 11.4 Å². The average Bonchev–Trinajstić information content (AvgIpc) is 3.07. The summed E-state index contributed by atoms with van der Waals surface area (Å²) in [7, 11) is 0. The molecule has 1 amide bonds. The minimum Gasteiger partial charge on any atom is -0.477 e. The number of nitrogens with zero attached hydrogens (tertiary/aromatic N) is 1. The van der Waals surface area contributed by atoms with Gasteiger partial charge in [0.2, 0.25) is 5.91 Å². The summed E-state index contributed by atoms with van der Waals surface area (Å²) in [4.78, 5) is 28.0. The predicted octanol–water partition coefficient (Wildman–Crippen LogP) is 5.26. The maximum atomic E-state index is 13.3. The third-order valence-electron chi connectivity index (χ3n) is 5.48. The lowest BCUT2D eigenvalue weighted by molar-refractivity contribution is -0.123. The first-order valence-electron chi connectivity index (χ1n) is 9.84. The standard InChI is InChI=1S/C22H28N2O3S/c1-13(2)24(21(25)16-6-4-14(3)5-7-16)18-12-19(28-20(18)22(26)27)15-8-10-17(23)11-9-15/h8-14,16H,4-7,23H2,1-3H3,(H,26,27). The lowest BCUT2D eigenvalue weighted by Crippen LogP contribution is -2.42. The molecule has 3 rings (SSSR count). The smallest absolute Gasteiger partial charge is 0.348 e. The number of carbonyl (C=O) groups is 2. The summed E-state index contributed by atoms with van der Waals surface area (Å²) >= 11 is 1.20. The van der Waals surface area contributed by atoms with Gasteiger partial charge in [0.1, 0.15) is 4.88 Å². The van der Waals surface area contributed by atoms with Crippen LogP contribution >= 0.6 is 11.3 Å². The normalized spacial score (nSPS) is 19.6. The Labute approximate surface area is 170 Å². The first kappa shape index (κ1) is 20.4. The number of nitrogen functional groups attached to an aromatic ring is 1. The van der Waals surface area contributed by atoms with Crippen molar-refractivity contribution in [3.05, 3.63) is 35.2 Å². The summed E-state index contributed by atoms with van der Waals surface area (Å²) in [6.45, 7) is 6.10. The lowest BCUT2D eigenvalue weighted by Gasteiger charge is -2.33. The van der Waals surface area contributed by atoms with Gasteiger partial charge in [0.15, 0.2) is 0 Å². The molecule has 2 aromatic rings. The van der Waals surface area contributed by atoms with E-state index >= 15 is 0 Å². The second-order valence-electron chi connectivity index (χ2n) is 8.01. The third kappa shape index (κ3) is 4.22. The van der Waals surface area contributed by atoms with Crippen LogP contribution in [0, 0.1) is 11.8 Å². The van der Waals surface area contributed by atoms with Crippen LogP contribution in [0.1, 0.15) is 56.1 Å². The Morgan fingerprint density at radius 2 is 1.75 bits per heavy atom. The van der Waals surface area contributed by atoms with E-state index < -0.39 is 5.97 Å². The molecule has 0 saturated heterocycles. The Morgan fingerprint density at radius 1 is 1.14 bits per heavy atom. The summed E-state index contributed by atoms with van der Waals surface area (Å²) in [5.41, 5.74) is 7.82. The zero-order valence-corrected chi connectivity index (χ0v) is 17.5. The molecule has 0 bridgehead atoms. The average molecular weight is 401 g/mol. The number of aromatic carboxylic acids is 1. The SMILES string of the molecule is CC1CCC(C(=O)N(c2cc(-c3ccc(N)cc3)sc2C(=O)O)C(C)C)CC1. The molecule has 150 valence electrons. The quantitative estimate of drug-likeness (QED) is 0.670. The van der Waals surface area contributed by atoms with Gasteiger partial charge >= 0.3 is 5.97 Å². The number of carboxylic acids is 1. The van der Waals surface area contributed by atoms with Gasteiger partial charge in [-0.15, -0.1) is 11.3 Å². The van der Waals surface area contributed by atoms with E-state index in [0.29, 0.717) is 17.3 Å². The highest BCUT2D eigenvalue weighted by Gasteiger charge is 2.33. The van der Waals surface area contributed by atoms with E-state index in [1.807, 2.05) is 32.0 Å². The van der Waals surface area contributed by atoms with E-state index in [4.69, 9.17) is 5.73 Å². The molecule has 0 atom stereocenters. The molecule has 0 spiro atoms. The maximum absolute atomic E-state index is 13.3. The van der Waals surface area contributed by atoms with Crippen molar-refractivity contribution in [2.45, 2.75) is 52.5 Å². The molecule has 1 fully saturated rings. The van der Waals surface area contributed by atoms with Gasteiger partial charge < -0.3 is 15.7 Å². The third-order valence-corrected chi connectivity index (χ3v) is 6.64. The second-order valence-corrected chi connectivity index (χ2v) is 9.06. The number of hydrogen-bond donors (Lipinski definition) is 2. The predicted molar refractivity (Wildman–Crippen MR) is 115 cm³/mol. The van der Waals surface area contributed by atoms with Gasteiger partial charge in [-0.25, -0.2) is 4.79 Å². The van der Waals surface area contributed by atoms with Crippen molar-refractivity contribution in [3.63, 3.8) is 0 Å². The number of hydrogen-bond acceptors (Lipinski definition) is 4. The van der Waals surface area contributed by atoms with E-state index in [9.17, 15) is 14.7 Å². The van der Waals surface area contributed by atoms with Crippen molar-refractivity contribution in [1.82, 2.24) is 0 Å². The van der Waals surface area contributed by atoms with Gasteiger partial charge in [-0.2, -0.15) is 0 Å². The van der Waals surface area contributed by atoms with Crippen LogP contribution in [0.15, 0.2) is 30.3 Å². The molecule has 1 heterocycles. The molecule has 0 aliphatic heterocycles. The molecule has 0 radical (unpaired) electrons. The molecule has 28 heavy (non-hydrogen) atoms. The van der Waals surface area contributed by atoms with Crippen molar-refractivity contribution >= 4 is 34.6 Å². The fourth-order valence-corrected chi connectivity index (χ4v) is 4.85. The first-order valence-corrected chi connectivity index (χ1v) is 10.7. The number of anilines is 2. The molecule has 5 nitrogen and oxygen atoms in total. The summed E-state index contributed by atoms with van der Waals surface area (Å²) in [6, 6.07) is 9.07. The molecule has 1 aromatic heterocycles. The topological polar surface area (TPSA) is 83.6 Å². The fourth-order valence-electron chi connectivity index (χ4n) is 3.86. The number of benzene rings is 1.